The second-order valence-electron chi connectivity index (χ2n) is 4.55. The van der Waals surface area contributed by atoms with Crippen molar-refractivity contribution in [2.24, 2.45) is 5.92 Å². The van der Waals surface area contributed by atoms with Gasteiger partial charge in [-0.2, -0.15) is 0 Å². The monoisotopic (exact) mass is 243 g/mol. The van der Waals surface area contributed by atoms with Crippen LogP contribution >= 0.6 is 0 Å². The summed E-state index contributed by atoms with van der Waals surface area (Å²) >= 11 is 0. The van der Waals surface area contributed by atoms with Crippen LogP contribution in [-0.2, 0) is 4.79 Å². The predicted octanol–water partition coefficient (Wildman–Crippen LogP) is 1.90. The summed E-state index contributed by atoms with van der Waals surface area (Å²) in [5.41, 5.74) is 0.815. The second-order valence-corrected chi connectivity index (χ2v) is 4.55. The lowest BCUT2D eigenvalue weighted by molar-refractivity contribution is -0.138. The fourth-order valence-electron chi connectivity index (χ4n) is 1.99. The summed E-state index contributed by atoms with van der Waals surface area (Å²) in [5, 5.41) is 13.0. The van der Waals surface area contributed by atoms with Gasteiger partial charge in [-0.15, -0.1) is 0 Å². The number of anilines is 1. The molecular weight excluding hydrogens is 230 g/mol. The molecule has 1 aliphatic rings. The van der Waals surface area contributed by atoms with Crippen molar-refractivity contribution in [3.05, 3.63) is 30.5 Å². The minimum atomic E-state index is -0.839. The van der Waals surface area contributed by atoms with E-state index in [1.807, 2.05) is 24.3 Å². The zero-order chi connectivity index (χ0) is 12.5. The Morgan fingerprint density at radius 3 is 2.89 bits per heavy atom. The van der Waals surface area contributed by atoms with Gasteiger partial charge in [0.2, 0.25) is 5.95 Å². The van der Waals surface area contributed by atoms with Crippen molar-refractivity contribution in [2.75, 3.05) is 5.32 Å². The number of nitrogens with zero attached hydrogens (tertiary/aromatic N) is 2. The van der Waals surface area contributed by atoms with Crippen LogP contribution in [0.2, 0.25) is 0 Å². The lowest BCUT2D eigenvalue weighted by Gasteiger charge is -2.13. The van der Waals surface area contributed by atoms with Crippen LogP contribution in [0.25, 0.3) is 10.9 Å². The number of para-hydroxylation sites is 1. The van der Waals surface area contributed by atoms with Crippen molar-refractivity contribution < 1.29 is 9.90 Å². The number of benzene rings is 1. The maximum absolute atomic E-state index is 11.1. The van der Waals surface area contributed by atoms with Crippen LogP contribution in [0, 0.1) is 5.92 Å². The largest absolute Gasteiger partial charge is 0.480 e. The number of carboxylic acids is 1. The highest BCUT2D eigenvalue weighted by Crippen LogP contribution is 2.34. The standard InChI is InChI=1S/C13H13N3O2/c17-12(18)11(8-5-6-8)16-13-14-7-9-3-1-2-4-10(9)15-13/h1-4,7-8,11H,5-6H2,(H,17,18)(H,14,15,16). The molecule has 1 unspecified atom stereocenters. The number of aliphatic carboxylic acids is 1. The first-order valence-corrected chi connectivity index (χ1v) is 5.95. The summed E-state index contributed by atoms with van der Waals surface area (Å²) in [6.07, 6.45) is 3.62. The van der Waals surface area contributed by atoms with E-state index in [0.717, 1.165) is 23.7 Å². The molecule has 2 N–H and O–H groups in total. The first kappa shape index (κ1) is 11.0. The number of fused-ring (bicyclic) bond motifs is 1. The van der Waals surface area contributed by atoms with Gasteiger partial charge < -0.3 is 10.4 Å². The number of rotatable bonds is 4. The molecular formula is C13H13N3O2. The Bertz CT molecular complexity index is 596. The molecule has 1 aromatic heterocycles. The first-order chi connectivity index (χ1) is 8.74. The van der Waals surface area contributed by atoms with Crippen molar-refractivity contribution in [1.29, 1.82) is 0 Å². The van der Waals surface area contributed by atoms with E-state index >= 15 is 0 Å². The molecule has 18 heavy (non-hydrogen) atoms. The Hall–Kier alpha value is -2.17. The number of nitrogens with one attached hydrogen (secondary N) is 1. The van der Waals surface area contributed by atoms with Gasteiger partial charge in [0.1, 0.15) is 6.04 Å². The van der Waals surface area contributed by atoms with E-state index in [4.69, 9.17) is 5.11 Å². The fourth-order valence-corrected chi connectivity index (χ4v) is 1.99. The number of carbonyl (C=O) groups is 1. The van der Waals surface area contributed by atoms with Gasteiger partial charge in [-0.25, -0.2) is 14.8 Å². The van der Waals surface area contributed by atoms with Gasteiger partial charge in [-0.3, -0.25) is 0 Å². The molecule has 92 valence electrons. The molecule has 0 spiro atoms. The molecule has 5 nitrogen and oxygen atoms in total. The highest BCUT2D eigenvalue weighted by atomic mass is 16.4. The Kier molecular flexibility index (Phi) is 2.59. The molecule has 1 saturated carbocycles. The zero-order valence-electron chi connectivity index (χ0n) is 9.71. The summed E-state index contributed by atoms with van der Waals surface area (Å²) in [6.45, 7) is 0. The van der Waals surface area contributed by atoms with E-state index in [0.29, 0.717) is 5.95 Å². The summed E-state index contributed by atoms with van der Waals surface area (Å²) < 4.78 is 0. The quantitative estimate of drug-likeness (QED) is 0.857. The molecule has 1 heterocycles. The molecule has 1 aliphatic carbocycles. The van der Waals surface area contributed by atoms with Crippen molar-refractivity contribution >= 4 is 22.8 Å². The van der Waals surface area contributed by atoms with Crippen LogP contribution in [-0.4, -0.2) is 27.1 Å². The van der Waals surface area contributed by atoms with E-state index in [2.05, 4.69) is 15.3 Å². The van der Waals surface area contributed by atoms with E-state index in [1.165, 1.54) is 0 Å². The third-order valence-electron chi connectivity index (χ3n) is 3.13. The van der Waals surface area contributed by atoms with Gasteiger partial charge in [0.15, 0.2) is 0 Å². The molecule has 1 fully saturated rings. The van der Waals surface area contributed by atoms with Gasteiger partial charge >= 0.3 is 5.97 Å². The highest BCUT2D eigenvalue weighted by Gasteiger charge is 2.36. The van der Waals surface area contributed by atoms with Crippen LogP contribution in [0.4, 0.5) is 5.95 Å². The summed E-state index contributed by atoms with van der Waals surface area (Å²) in [5.74, 6) is -0.250. The smallest absolute Gasteiger partial charge is 0.326 e. The van der Waals surface area contributed by atoms with Crippen LogP contribution < -0.4 is 5.32 Å². The number of aromatic nitrogens is 2. The Balaban J connectivity index is 1.87. The predicted molar refractivity (Wildman–Crippen MR) is 67.3 cm³/mol. The average molecular weight is 243 g/mol. The second kappa shape index (κ2) is 4.25. The minimum absolute atomic E-state index is 0.206. The van der Waals surface area contributed by atoms with Crippen LogP contribution in [0.3, 0.4) is 0 Å². The van der Waals surface area contributed by atoms with Crippen LogP contribution in [0.1, 0.15) is 12.8 Å². The fraction of sp³-hybridized carbons (Fsp3) is 0.308. The van der Waals surface area contributed by atoms with Gasteiger partial charge in [-0.1, -0.05) is 18.2 Å². The Labute approximate surface area is 104 Å². The Morgan fingerprint density at radius 1 is 1.39 bits per heavy atom. The topological polar surface area (TPSA) is 75.1 Å². The maximum atomic E-state index is 11.1. The van der Waals surface area contributed by atoms with Gasteiger partial charge in [0, 0.05) is 11.6 Å². The summed E-state index contributed by atoms with van der Waals surface area (Å²) in [6, 6.07) is 7.05. The van der Waals surface area contributed by atoms with Crippen molar-refractivity contribution in [1.82, 2.24) is 9.97 Å². The Morgan fingerprint density at radius 2 is 2.17 bits per heavy atom. The molecule has 0 saturated heterocycles. The number of hydrogen-bond donors (Lipinski definition) is 2. The molecule has 1 atom stereocenters. The highest BCUT2D eigenvalue weighted by molar-refractivity contribution is 5.80. The number of carboxylic acid groups (broad SMARTS) is 1. The number of hydrogen-bond acceptors (Lipinski definition) is 4. The average Bonchev–Trinajstić information content (AvgIpc) is 3.19. The van der Waals surface area contributed by atoms with E-state index in [-0.39, 0.29) is 5.92 Å². The SMILES string of the molecule is O=C(O)C(Nc1ncc2ccccc2n1)C1CC1. The zero-order valence-corrected chi connectivity index (χ0v) is 9.71. The third-order valence-corrected chi connectivity index (χ3v) is 3.13. The molecule has 5 heteroatoms. The first-order valence-electron chi connectivity index (χ1n) is 5.95. The van der Waals surface area contributed by atoms with E-state index in [1.54, 1.807) is 6.20 Å². The minimum Gasteiger partial charge on any atom is -0.480 e. The van der Waals surface area contributed by atoms with Gasteiger partial charge in [0.05, 0.1) is 5.52 Å². The third kappa shape index (κ3) is 2.11. The lowest BCUT2D eigenvalue weighted by atomic mass is 10.2. The lowest BCUT2D eigenvalue weighted by Crippen LogP contribution is -2.32. The molecule has 1 aromatic carbocycles. The van der Waals surface area contributed by atoms with Crippen LogP contribution in [0.5, 0.6) is 0 Å². The summed E-state index contributed by atoms with van der Waals surface area (Å²) in [7, 11) is 0. The molecule has 0 bridgehead atoms. The van der Waals surface area contributed by atoms with E-state index in [9.17, 15) is 4.79 Å². The molecule has 0 aliphatic heterocycles. The molecule has 2 aromatic rings. The molecule has 3 rings (SSSR count). The van der Waals surface area contributed by atoms with Crippen molar-refractivity contribution in [3.8, 4) is 0 Å². The van der Waals surface area contributed by atoms with Gasteiger partial charge in [0.25, 0.3) is 0 Å². The normalized spacial score (nSPS) is 16.4. The van der Waals surface area contributed by atoms with Crippen molar-refractivity contribution in [2.45, 2.75) is 18.9 Å². The summed E-state index contributed by atoms with van der Waals surface area (Å²) in [4.78, 5) is 19.6. The van der Waals surface area contributed by atoms with Gasteiger partial charge in [-0.05, 0) is 24.8 Å². The van der Waals surface area contributed by atoms with Crippen LogP contribution in [0.15, 0.2) is 30.5 Å². The maximum Gasteiger partial charge on any atom is 0.326 e. The molecule has 0 radical (unpaired) electrons. The molecule has 0 amide bonds. The van der Waals surface area contributed by atoms with E-state index < -0.39 is 12.0 Å². The van der Waals surface area contributed by atoms with Crippen molar-refractivity contribution in [3.63, 3.8) is 0 Å².